The summed E-state index contributed by atoms with van der Waals surface area (Å²) in [5.74, 6) is 1.36. The topological polar surface area (TPSA) is 21.3 Å². The van der Waals surface area contributed by atoms with Gasteiger partial charge in [0, 0.05) is 12.6 Å². The molecule has 0 saturated carbocycles. The second kappa shape index (κ2) is 4.29. The summed E-state index contributed by atoms with van der Waals surface area (Å²) in [5.41, 5.74) is 0. The van der Waals surface area contributed by atoms with Crippen LogP contribution in [0.5, 0.6) is 0 Å². The van der Waals surface area contributed by atoms with Gasteiger partial charge in [-0.25, -0.2) is 0 Å². The highest BCUT2D eigenvalue weighted by Crippen LogP contribution is 2.14. The summed E-state index contributed by atoms with van der Waals surface area (Å²) in [7, 11) is 0.288. The third kappa shape index (κ3) is 2.79. The van der Waals surface area contributed by atoms with Crippen LogP contribution in [0.3, 0.4) is 0 Å². The molecule has 0 aromatic carbocycles. The first-order valence-corrected chi connectivity index (χ1v) is 4.97. The Balaban J connectivity index is 2.30. The van der Waals surface area contributed by atoms with Gasteiger partial charge in [0.1, 0.15) is 0 Å². The second-order valence-electron chi connectivity index (χ2n) is 4.38. The first kappa shape index (κ1) is 10.1. The normalized spacial score (nSPS) is 31.2. The second-order valence-corrected chi connectivity index (χ2v) is 4.38. The molecular formula is C9H20BNO. The quantitative estimate of drug-likeness (QED) is 0.636. The van der Waals surface area contributed by atoms with E-state index in [9.17, 15) is 0 Å². The van der Waals surface area contributed by atoms with Crippen molar-refractivity contribution in [1.82, 2.24) is 5.23 Å². The Bertz CT molecular complexity index is 140. The van der Waals surface area contributed by atoms with E-state index in [0.717, 1.165) is 12.9 Å². The Hall–Kier alpha value is -0.0151. The van der Waals surface area contributed by atoms with Gasteiger partial charge in [-0.3, -0.25) is 0 Å². The number of rotatable bonds is 2. The van der Waals surface area contributed by atoms with Gasteiger partial charge in [0.25, 0.3) is 0 Å². The molecule has 12 heavy (non-hydrogen) atoms. The molecular weight excluding hydrogens is 149 g/mol. The average Bonchev–Trinajstić information content (AvgIpc) is 1.96. The van der Waals surface area contributed by atoms with E-state index in [1.54, 1.807) is 0 Å². The first-order valence-electron chi connectivity index (χ1n) is 4.97. The summed E-state index contributed by atoms with van der Waals surface area (Å²) in [4.78, 5) is 0. The molecule has 1 rings (SSSR count). The smallest absolute Gasteiger partial charge is 0.380 e. The van der Waals surface area contributed by atoms with Crippen molar-refractivity contribution in [3.63, 3.8) is 0 Å². The largest absolute Gasteiger partial charge is 0.421 e. The molecule has 1 fully saturated rings. The maximum Gasteiger partial charge on any atom is 0.380 e. The van der Waals surface area contributed by atoms with E-state index in [-0.39, 0.29) is 7.05 Å². The molecule has 3 heteroatoms. The van der Waals surface area contributed by atoms with Gasteiger partial charge in [0.2, 0.25) is 0 Å². The van der Waals surface area contributed by atoms with Crippen molar-refractivity contribution in [1.29, 1.82) is 0 Å². The molecule has 1 heterocycles. The Morgan fingerprint density at radius 1 is 1.50 bits per heavy atom. The van der Waals surface area contributed by atoms with Gasteiger partial charge < -0.3 is 9.88 Å². The van der Waals surface area contributed by atoms with E-state index in [1.807, 2.05) is 0 Å². The number of nitrogens with one attached hydrogen (secondary N) is 1. The van der Waals surface area contributed by atoms with Crippen molar-refractivity contribution in [3.8, 4) is 0 Å². The lowest BCUT2D eigenvalue weighted by Crippen LogP contribution is -2.52. The molecule has 2 atom stereocenters. The van der Waals surface area contributed by atoms with Crippen LogP contribution in [-0.4, -0.2) is 19.7 Å². The standard InChI is InChI=1S/C9H20BNO/c1-7(2)5-10-11-9(4)8(3)6-12-10/h7-9,11H,5-6H2,1-4H3/t8-,9+/m1/s1. The molecule has 1 saturated heterocycles. The maximum absolute atomic E-state index is 5.66. The molecule has 0 amide bonds. The lowest BCUT2D eigenvalue weighted by molar-refractivity contribution is 0.190. The molecule has 1 N–H and O–H groups in total. The highest BCUT2D eigenvalue weighted by molar-refractivity contribution is 6.49. The van der Waals surface area contributed by atoms with E-state index in [1.165, 1.54) is 0 Å². The maximum atomic E-state index is 5.66. The molecule has 70 valence electrons. The van der Waals surface area contributed by atoms with Crippen molar-refractivity contribution < 1.29 is 4.65 Å². The van der Waals surface area contributed by atoms with Crippen molar-refractivity contribution in [2.75, 3.05) is 6.61 Å². The molecule has 0 radical (unpaired) electrons. The van der Waals surface area contributed by atoms with Gasteiger partial charge in [-0.1, -0.05) is 27.7 Å². The van der Waals surface area contributed by atoms with Gasteiger partial charge in [-0.2, -0.15) is 0 Å². The van der Waals surface area contributed by atoms with E-state index in [2.05, 4.69) is 32.9 Å². The van der Waals surface area contributed by atoms with Crippen LogP contribution in [0.25, 0.3) is 0 Å². The summed E-state index contributed by atoms with van der Waals surface area (Å²) in [6.07, 6.45) is 1.12. The molecule has 0 aliphatic carbocycles. The minimum Gasteiger partial charge on any atom is -0.421 e. The van der Waals surface area contributed by atoms with Crippen LogP contribution < -0.4 is 5.23 Å². The van der Waals surface area contributed by atoms with Crippen LogP contribution in [0.2, 0.25) is 6.32 Å². The third-order valence-electron chi connectivity index (χ3n) is 2.55. The minimum atomic E-state index is 0.288. The summed E-state index contributed by atoms with van der Waals surface area (Å²) >= 11 is 0. The van der Waals surface area contributed by atoms with Crippen molar-refractivity contribution in [2.24, 2.45) is 11.8 Å². The lowest BCUT2D eigenvalue weighted by Gasteiger charge is -2.32. The molecule has 0 bridgehead atoms. The Morgan fingerprint density at radius 2 is 2.17 bits per heavy atom. The summed E-state index contributed by atoms with van der Waals surface area (Å²) in [6, 6.07) is 0.600. The van der Waals surface area contributed by atoms with E-state index in [4.69, 9.17) is 4.65 Å². The number of hydrogen-bond donors (Lipinski definition) is 1. The van der Waals surface area contributed by atoms with Gasteiger partial charge in [0.05, 0.1) is 0 Å². The molecule has 1 aliphatic heterocycles. The Labute approximate surface area is 76.2 Å². The SMILES string of the molecule is CC(C)CB1N[C@@H](C)[C@H](C)CO1. The monoisotopic (exact) mass is 169 g/mol. The first-order chi connectivity index (χ1) is 5.59. The van der Waals surface area contributed by atoms with Crippen LogP contribution in [0.1, 0.15) is 27.7 Å². The van der Waals surface area contributed by atoms with E-state index >= 15 is 0 Å². The minimum absolute atomic E-state index is 0.288. The summed E-state index contributed by atoms with van der Waals surface area (Å²) in [5, 5.41) is 3.48. The van der Waals surface area contributed by atoms with Gasteiger partial charge in [-0.05, 0) is 18.2 Å². The number of hydrogen-bond acceptors (Lipinski definition) is 2. The summed E-state index contributed by atoms with van der Waals surface area (Å²) < 4.78 is 5.66. The van der Waals surface area contributed by atoms with Crippen molar-refractivity contribution in [3.05, 3.63) is 0 Å². The zero-order valence-electron chi connectivity index (χ0n) is 8.63. The predicted molar refractivity (Wildman–Crippen MR) is 53.1 cm³/mol. The molecule has 0 unspecified atom stereocenters. The lowest BCUT2D eigenvalue weighted by atomic mass is 9.70. The zero-order chi connectivity index (χ0) is 9.14. The van der Waals surface area contributed by atoms with Crippen molar-refractivity contribution in [2.45, 2.75) is 40.1 Å². The highest BCUT2D eigenvalue weighted by Gasteiger charge is 2.28. The van der Waals surface area contributed by atoms with Crippen LogP contribution in [0, 0.1) is 11.8 Å². The Kier molecular flexibility index (Phi) is 3.60. The molecule has 1 aliphatic rings. The van der Waals surface area contributed by atoms with E-state index in [0.29, 0.717) is 17.9 Å². The van der Waals surface area contributed by atoms with E-state index < -0.39 is 0 Å². The molecule has 2 nitrogen and oxygen atoms in total. The fourth-order valence-corrected chi connectivity index (χ4v) is 1.48. The molecule has 0 spiro atoms. The fourth-order valence-electron chi connectivity index (χ4n) is 1.48. The van der Waals surface area contributed by atoms with Gasteiger partial charge in [0.15, 0.2) is 0 Å². The molecule has 0 aromatic heterocycles. The average molecular weight is 169 g/mol. The molecule has 0 aromatic rings. The highest BCUT2D eigenvalue weighted by atomic mass is 16.4. The van der Waals surface area contributed by atoms with Crippen molar-refractivity contribution >= 4 is 7.05 Å². The van der Waals surface area contributed by atoms with Gasteiger partial charge in [-0.15, -0.1) is 0 Å². The Morgan fingerprint density at radius 3 is 2.67 bits per heavy atom. The zero-order valence-corrected chi connectivity index (χ0v) is 8.63. The summed E-state index contributed by atoms with van der Waals surface area (Å²) in [6.45, 7) is 9.83. The van der Waals surface area contributed by atoms with Crippen LogP contribution in [0.4, 0.5) is 0 Å². The van der Waals surface area contributed by atoms with Gasteiger partial charge >= 0.3 is 7.05 Å². The van der Waals surface area contributed by atoms with Crippen LogP contribution in [-0.2, 0) is 4.65 Å². The fraction of sp³-hybridized carbons (Fsp3) is 1.00. The van der Waals surface area contributed by atoms with Crippen LogP contribution >= 0.6 is 0 Å². The third-order valence-corrected chi connectivity index (χ3v) is 2.55. The van der Waals surface area contributed by atoms with Crippen LogP contribution in [0.15, 0.2) is 0 Å². The predicted octanol–water partition coefficient (Wildman–Crippen LogP) is 1.77.